The van der Waals surface area contributed by atoms with Crippen LogP contribution in [-0.2, 0) is 6.54 Å². The molecule has 1 aromatic rings. The molecule has 21 heavy (non-hydrogen) atoms. The predicted molar refractivity (Wildman–Crippen MR) is 83.2 cm³/mol. The Balaban J connectivity index is 1.59. The molecule has 3 rings (SSSR count). The molecule has 116 valence electrons. The standard InChI is InChI=1S/C17H26N2O2/c18-17(13-20)8-3-5-15(17)7-9-19-10-11-21-16-6-2-1-4-14(16)12-19/h1-2,4,6,15,20H,3,5,7-13,18H2. The van der Waals surface area contributed by atoms with Crippen molar-refractivity contribution >= 4 is 0 Å². The molecule has 1 fully saturated rings. The Morgan fingerprint density at radius 2 is 2.24 bits per heavy atom. The van der Waals surface area contributed by atoms with Crippen LogP contribution in [0, 0.1) is 5.92 Å². The Labute approximate surface area is 126 Å². The Morgan fingerprint density at radius 3 is 3.10 bits per heavy atom. The van der Waals surface area contributed by atoms with E-state index in [4.69, 9.17) is 10.5 Å². The van der Waals surface area contributed by atoms with Crippen LogP contribution in [0.2, 0.25) is 0 Å². The van der Waals surface area contributed by atoms with Gasteiger partial charge in [0.05, 0.1) is 6.61 Å². The van der Waals surface area contributed by atoms with Crippen LogP contribution in [0.1, 0.15) is 31.2 Å². The van der Waals surface area contributed by atoms with E-state index in [0.717, 1.165) is 57.7 Å². The van der Waals surface area contributed by atoms with Crippen molar-refractivity contribution in [1.82, 2.24) is 4.90 Å². The first kappa shape index (κ1) is 14.8. The van der Waals surface area contributed by atoms with Crippen molar-refractivity contribution in [3.05, 3.63) is 29.8 Å². The second kappa shape index (κ2) is 6.34. The maximum absolute atomic E-state index is 9.55. The molecule has 0 spiro atoms. The summed E-state index contributed by atoms with van der Waals surface area (Å²) in [5.41, 5.74) is 7.25. The number of nitrogens with zero attached hydrogens (tertiary/aromatic N) is 1. The lowest BCUT2D eigenvalue weighted by molar-refractivity contribution is 0.140. The highest BCUT2D eigenvalue weighted by molar-refractivity contribution is 5.33. The highest BCUT2D eigenvalue weighted by atomic mass is 16.5. The number of benzene rings is 1. The summed E-state index contributed by atoms with van der Waals surface area (Å²) in [5.74, 6) is 1.46. The van der Waals surface area contributed by atoms with Crippen molar-refractivity contribution in [3.8, 4) is 5.75 Å². The molecule has 0 amide bonds. The van der Waals surface area contributed by atoms with Gasteiger partial charge in [-0.2, -0.15) is 0 Å². The first-order chi connectivity index (χ1) is 10.2. The molecule has 1 saturated carbocycles. The van der Waals surface area contributed by atoms with Gasteiger partial charge in [-0.25, -0.2) is 0 Å². The third-order valence-electron chi connectivity index (χ3n) is 5.13. The van der Waals surface area contributed by atoms with E-state index in [1.54, 1.807) is 0 Å². The van der Waals surface area contributed by atoms with Crippen LogP contribution in [-0.4, -0.2) is 41.8 Å². The number of para-hydroxylation sites is 1. The molecule has 0 radical (unpaired) electrons. The fourth-order valence-corrected chi connectivity index (χ4v) is 3.72. The average Bonchev–Trinajstić information content (AvgIpc) is 2.75. The molecule has 4 nitrogen and oxygen atoms in total. The maximum Gasteiger partial charge on any atom is 0.123 e. The van der Waals surface area contributed by atoms with Crippen molar-refractivity contribution in [2.45, 2.75) is 37.8 Å². The molecule has 0 aromatic heterocycles. The number of ether oxygens (including phenoxy) is 1. The number of aliphatic hydroxyl groups excluding tert-OH is 1. The third kappa shape index (κ3) is 3.23. The topological polar surface area (TPSA) is 58.7 Å². The average molecular weight is 290 g/mol. The van der Waals surface area contributed by atoms with E-state index < -0.39 is 0 Å². The zero-order chi connectivity index (χ0) is 14.7. The molecule has 2 unspecified atom stereocenters. The van der Waals surface area contributed by atoms with Gasteiger partial charge in [-0.15, -0.1) is 0 Å². The van der Waals surface area contributed by atoms with Crippen LogP contribution in [0.4, 0.5) is 0 Å². The summed E-state index contributed by atoms with van der Waals surface area (Å²) in [7, 11) is 0. The minimum atomic E-state index is -0.347. The van der Waals surface area contributed by atoms with Crippen molar-refractivity contribution in [3.63, 3.8) is 0 Å². The van der Waals surface area contributed by atoms with Crippen LogP contribution in [0.5, 0.6) is 5.75 Å². The molecule has 4 heteroatoms. The Morgan fingerprint density at radius 1 is 1.38 bits per heavy atom. The fourth-order valence-electron chi connectivity index (χ4n) is 3.72. The highest BCUT2D eigenvalue weighted by Gasteiger charge is 2.38. The van der Waals surface area contributed by atoms with Gasteiger partial charge in [0, 0.05) is 24.2 Å². The smallest absolute Gasteiger partial charge is 0.123 e. The van der Waals surface area contributed by atoms with Gasteiger partial charge in [0.2, 0.25) is 0 Å². The number of aliphatic hydroxyl groups is 1. The minimum absolute atomic E-state index is 0.115. The largest absolute Gasteiger partial charge is 0.492 e. The van der Waals surface area contributed by atoms with Gasteiger partial charge < -0.3 is 15.6 Å². The summed E-state index contributed by atoms with van der Waals surface area (Å²) in [6, 6.07) is 8.28. The number of rotatable bonds is 4. The van der Waals surface area contributed by atoms with Crippen LogP contribution in [0.15, 0.2) is 24.3 Å². The minimum Gasteiger partial charge on any atom is -0.492 e. The highest BCUT2D eigenvalue weighted by Crippen LogP contribution is 2.36. The van der Waals surface area contributed by atoms with Crippen molar-refractivity contribution in [2.75, 3.05) is 26.3 Å². The Bertz CT molecular complexity index is 480. The van der Waals surface area contributed by atoms with Crippen molar-refractivity contribution in [1.29, 1.82) is 0 Å². The second-order valence-electron chi connectivity index (χ2n) is 6.50. The lowest BCUT2D eigenvalue weighted by Gasteiger charge is -2.31. The zero-order valence-corrected chi connectivity index (χ0v) is 12.6. The van der Waals surface area contributed by atoms with E-state index in [2.05, 4.69) is 17.0 Å². The van der Waals surface area contributed by atoms with Gasteiger partial charge in [-0.3, -0.25) is 4.90 Å². The predicted octanol–water partition coefficient (Wildman–Crippen LogP) is 1.76. The molecule has 0 saturated heterocycles. The Kier molecular flexibility index (Phi) is 4.48. The number of hydrogen-bond donors (Lipinski definition) is 2. The van der Waals surface area contributed by atoms with Crippen LogP contribution >= 0.6 is 0 Å². The summed E-state index contributed by atoms with van der Waals surface area (Å²) in [4.78, 5) is 2.45. The summed E-state index contributed by atoms with van der Waals surface area (Å²) in [6.45, 7) is 3.79. The van der Waals surface area contributed by atoms with E-state index in [9.17, 15) is 5.11 Å². The van der Waals surface area contributed by atoms with E-state index in [1.807, 2.05) is 12.1 Å². The Hall–Kier alpha value is -1.10. The first-order valence-electron chi connectivity index (χ1n) is 8.04. The molecule has 0 bridgehead atoms. The molecule has 2 atom stereocenters. The number of nitrogens with two attached hydrogens (primary N) is 1. The molecular formula is C17H26N2O2. The normalized spacial score (nSPS) is 29.7. The quantitative estimate of drug-likeness (QED) is 0.887. The third-order valence-corrected chi connectivity index (χ3v) is 5.13. The van der Waals surface area contributed by atoms with E-state index in [0.29, 0.717) is 5.92 Å². The molecule has 1 aliphatic heterocycles. The van der Waals surface area contributed by atoms with Gasteiger partial charge in [0.1, 0.15) is 12.4 Å². The van der Waals surface area contributed by atoms with E-state index in [1.165, 1.54) is 5.56 Å². The molecule has 1 aromatic carbocycles. The summed E-state index contributed by atoms with van der Waals surface area (Å²) in [5, 5.41) is 9.55. The first-order valence-corrected chi connectivity index (χ1v) is 8.04. The SMILES string of the molecule is NC1(CO)CCCC1CCN1CCOc2ccccc2C1. The number of fused-ring (bicyclic) bond motifs is 1. The monoisotopic (exact) mass is 290 g/mol. The van der Waals surface area contributed by atoms with Gasteiger partial charge in [0.15, 0.2) is 0 Å². The van der Waals surface area contributed by atoms with Crippen molar-refractivity contribution < 1.29 is 9.84 Å². The molecule has 1 heterocycles. The lowest BCUT2D eigenvalue weighted by Crippen LogP contribution is -2.47. The van der Waals surface area contributed by atoms with Gasteiger partial charge >= 0.3 is 0 Å². The molecule has 1 aliphatic carbocycles. The van der Waals surface area contributed by atoms with Gasteiger partial charge in [-0.1, -0.05) is 24.6 Å². The fraction of sp³-hybridized carbons (Fsp3) is 0.647. The summed E-state index contributed by atoms with van der Waals surface area (Å²) >= 11 is 0. The van der Waals surface area contributed by atoms with E-state index >= 15 is 0 Å². The summed E-state index contributed by atoms with van der Waals surface area (Å²) in [6.07, 6.45) is 4.32. The van der Waals surface area contributed by atoms with E-state index in [-0.39, 0.29) is 12.1 Å². The van der Waals surface area contributed by atoms with Crippen LogP contribution in [0.3, 0.4) is 0 Å². The van der Waals surface area contributed by atoms with Crippen molar-refractivity contribution in [2.24, 2.45) is 11.7 Å². The van der Waals surface area contributed by atoms with Crippen LogP contribution in [0.25, 0.3) is 0 Å². The molecule has 2 aliphatic rings. The number of hydrogen-bond acceptors (Lipinski definition) is 4. The second-order valence-corrected chi connectivity index (χ2v) is 6.50. The molecular weight excluding hydrogens is 264 g/mol. The maximum atomic E-state index is 9.55. The lowest BCUT2D eigenvalue weighted by atomic mass is 9.86. The molecule has 3 N–H and O–H groups in total. The van der Waals surface area contributed by atoms with Gasteiger partial charge in [0.25, 0.3) is 0 Å². The van der Waals surface area contributed by atoms with Crippen LogP contribution < -0.4 is 10.5 Å². The zero-order valence-electron chi connectivity index (χ0n) is 12.6. The summed E-state index contributed by atoms with van der Waals surface area (Å²) < 4.78 is 5.81. The van der Waals surface area contributed by atoms with Gasteiger partial charge in [-0.05, 0) is 37.8 Å².